The van der Waals surface area contributed by atoms with E-state index >= 15 is 0 Å². The van der Waals surface area contributed by atoms with E-state index in [9.17, 15) is 4.79 Å². The second-order valence-electron chi connectivity index (χ2n) is 6.85. The van der Waals surface area contributed by atoms with Gasteiger partial charge in [0.15, 0.2) is 5.79 Å². The Morgan fingerprint density at radius 2 is 2.16 bits per heavy atom. The Hall–Kier alpha value is -1.89. The number of carbonyl (C=O) groups excluding carboxylic acids is 1. The Morgan fingerprint density at radius 3 is 2.84 bits per heavy atom. The van der Waals surface area contributed by atoms with E-state index in [0.29, 0.717) is 6.61 Å². The molecule has 5 nitrogen and oxygen atoms in total. The molecule has 2 aromatic carbocycles. The highest BCUT2D eigenvalue weighted by Gasteiger charge is 2.33. The predicted octanol–water partition coefficient (Wildman–Crippen LogP) is 3.94. The van der Waals surface area contributed by atoms with Gasteiger partial charge in [-0.15, -0.1) is 0 Å². The zero-order valence-electron chi connectivity index (χ0n) is 14.1. The van der Waals surface area contributed by atoms with Gasteiger partial charge < -0.3 is 20.2 Å². The number of aromatic nitrogens is 1. The molecule has 1 unspecified atom stereocenters. The van der Waals surface area contributed by atoms with Crippen molar-refractivity contribution in [1.82, 2.24) is 4.98 Å². The van der Waals surface area contributed by atoms with Crippen molar-refractivity contribution < 1.29 is 14.3 Å². The van der Waals surface area contributed by atoms with Gasteiger partial charge in [-0.05, 0) is 37.1 Å². The SMILES string of the molecule is CC1(C)OCC(c2ccc3c(c2)[nH]c2c(CC(N)=O)ccc(Br)c23)O1. The molecular weight excluding hydrogens is 384 g/mol. The number of amides is 1. The highest BCUT2D eigenvalue weighted by Crippen LogP contribution is 2.37. The summed E-state index contributed by atoms with van der Waals surface area (Å²) in [5.41, 5.74) is 9.28. The summed E-state index contributed by atoms with van der Waals surface area (Å²) in [6, 6.07) is 10.1. The van der Waals surface area contributed by atoms with Gasteiger partial charge in [0.1, 0.15) is 6.10 Å². The molecule has 1 saturated heterocycles. The smallest absolute Gasteiger partial charge is 0.221 e. The van der Waals surface area contributed by atoms with Crippen LogP contribution in [0.1, 0.15) is 31.1 Å². The summed E-state index contributed by atoms with van der Waals surface area (Å²) in [7, 11) is 0. The van der Waals surface area contributed by atoms with Gasteiger partial charge in [0.05, 0.1) is 18.5 Å². The maximum Gasteiger partial charge on any atom is 0.221 e. The lowest BCUT2D eigenvalue weighted by molar-refractivity contribution is -0.139. The maximum atomic E-state index is 11.4. The molecule has 1 fully saturated rings. The summed E-state index contributed by atoms with van der Waals surface area (Å²) in [6.45, 7) is 4.37. The van der Waals surface area contributed by atoms with Crippen LogP contribution in [0.15, 0.2) is 34.8 Å². The van der Waals surface area contributed by atoms with Gasteiger partial charge >= 0.3 is 0 Å². The molecule has 1 amide bonds. The van der Waals surface area contributed by atoms with Crippen molar-refractivity contribution in [3.8, 4) is 0 Å². The number of benzene rings is 2. The first-order valence-corrected chi connectivity index (χ1v) is 8.96. The predicted molar refractivity (Wildman–Crippen MR) is 100 cm³/mol. The molecule has 0 radical (unpaired) electrons. The lowest BCUT2D eigenvalue weighted by Gasteiger charge is -2.17. The number of hydrogen-bond donors (Lipinski definition) is 2. The van der Waals surface area contributed by atoms with Gasteiger partial charge in [-0.2, -0.15) is 0 Å². The minimum absolute atomic E-state index is 0.0839. The summed E-state index contributed by atoms with van der Waals surface area (Å²) in [6.07, 6.45) is 0.122. The monoisotopic (exact) mass is 402 g/mol. The van der Waals surface area contributed by atoms with E-state index in [-0.39, 0.29) is 18.4 Å². The molecule has 0 aliphatic carbocycles. The summed E-state index contributed by atoms with van der Waals surface area (Å²) >= 11 is 3.62. The van der Waals surface area contributed by atoms with Crippen LogP contribution in [-0.4, -0.2) is 23.3 Å². The number of rotatable bonds is 3. The van der Waals surface area contributed by atoms with Gasteiger partial charge in [-0.25, -0.2) is 0 Å². The number of nitrogens with one attached hydrogen (secondary N) is 1. The second-order valence-corrected chi connectivity index (χ2v) is 7.70. The number of H-pyrrole nitrogens is 1. The van der Waals surface area contributed by atoms with Crippen LogP contribution in [0.5, 0.6) is 0 Å². The van der Waals surface area contributed by atoms with Crippen LogP contribution in [-0.2, 0) is 20.7 Å². The van der Waals surface area contributed by atoms with Crippen molar-refractivity contribution in [2.75, 3.05) is 6.61 Å². The third-order valence-corrected chi connectivity index (χ3v) is 5.22. The molecule has 6 heteroatoms. The van der Waals surface area contributed by atoms with E-state index in [2.05, 4.69) is 39.1 Å². The summed E-state index contributed by atoms with van der Waals surface area (Å²) < 4.78 is 12.6. The summed E-state index contributed by atoms with van der Waals surface area (Å²) in [5, 5.41) is 2.15. The van der Waals surface area contributed by atoms with Crippen LogP contribution < -0.4 is 5.73 Å². The Kier molecular flexibility index (Phi) is 3.86. The van der Waals surface area contributed by atoms with Crippen molar-refractivity contribution in [3.05, 3.63) is 45.9 Å². The molecule has 3 N–H and O–H groups in total. The Balaban J connectivity index is 1.85. The molecule has 3 aromatic rings. The van der Waals surface area contributed by atoms with Gasteiger partial charge in [-0.3, -0.25) is 4.79 Å². The fraction of sp³-hybridized carbons (Fsp3) is 0.316. The number of ether oxygens (including phenoxy) is 2. The maximum absolute atomic E-state index is 11.4. The van der Waals surface area contributed by atoms with Crippen molar-refractivity contribution in [1.29, 1.82) is 0 Å². The van der Waals surface area contributed by atoms with Crippen LogP contribution in [0.3, 0.4) is 0 Å². The number of aromatic amines is 1. The van der Waals surface area contributed by atoms with Crippen LogP contribution in [0.25, 0.3) is 21.8 Å². The molecule has 130 valence electrons. The van der Waals surface area contributed by atoms with Gasteiger partial charge in [0.25, 0.3) is 0 Å². The first-order valence-electron chi connectivity index (χ1n) is 8.17. The Bertz CT molecular complexity index is 993. The van der Waals surface area contributed by atoms with E-state index in [1.165, 1.54) is 0 Å². The molecule has 0 bridgehead atoms. The number of primary amides is 1. The standard InChI is InChI=1S/C19H19BrN2O3/c1-19(2)24-9-15(25-19)10-3-5-12-14(7-10)22-18-11(8-16(21)23)4-6-13(20)17(12)18/h3-7,15,22H,8-9H2,1-2H3,(H2,21,23). The van der Waals surface area contributed by atoms with Gasteiger partial charge in [-0.1, -0.05) is 34.1 Å². The van der Waals surface area contributed by atoms with Crippen LogP contribution in [0, 0.1) is 0 Å². The average Bonchev–Trinajstić information content (AvgIpc) is 3.10. The quantitative estimate of drug-likeness (QED) is 0.696. The molecule has 1 aromatic heterocycles. The number of halogens is 1. The zero-order valence-corrected chi connectivity index (χ0v) is 15.6. The van der Waals surface area contributed by atoms with Crippen LogP contribution >= 0.6 is 15.9 Å². The molecule has 1 aliphatic heterocycles. The van der Waals surface area contributed by atoms with E-state index in [1.54, 1.807) is 0 Å². The molecule has 4 rings (SSSR count). The van der Waals surface area contributed by atoms with E-state index in [0.717, 1.165) is 37.4 Å². The number of carbonyl (C=O) groups is 1. The Morgan fingerprint density at radius 1 is 1.36 bits per heavy atom. The second kappa shape index (κ2) is 5.83. The molecule has 0 spiro atoms. The first-order chi connectivity index (χ1) is 11.8. The summed E-state index contributed by atoms with van der Waals surface area (Å²) in [4.78, 5) is 14.8. The third kappa shape index (κ3) is 2.94. The first kappa shape index (κ1) is 16.6. The third-order valence-electron chi connectivity index (χ3n) is 4.56. The van der Waals surface area contributed by atoms with Gasteiger partial charge in [0, 0.05) is 20.8 Å². The van der Waals surface area contributed by atoms with E-state index in [1.807, 2.05) is 26.0 Å². The largest absolute Gasteiger partial charge is 0.369 e. The fourth-order valence-corrected chi connectivity index (χ4v) is 3.98. The highest BCUT2D eigenvalue weighted by atomic mass is 79.9. The van der Waals surface area contributed by atoms with Crippen molar-refractivity contribution >= 4 is 43.6 Å². The average molecular weight is 403 g/mol. The van der Waals surface area contributed by atoms with E-state index < -0.39 is 5.79 Å². The van der Waals surface area contributed by atoms with Gasteiger partial charge in [0.2, 0.25) is 5.91 Å². The lowest BCUT2D eigenvalue weighted by atomic mass is 10.0. The fourth-order valence-electron chi connectivity index (χ4n) is 3.43. The molecular formula is C19H19BrN2O3. The molecule has 1 atom stereocenters. The normalized spacial score (nSPS) is 19.7. The minimum atomic E-state index is -0.558. The van der Waals surface area contributed by atoms with Crippen molar-refractivity contribution in [3.63, 3.8) is 0 Å². The minimum Gasteiger partial charge on any atom is -0.369 e. The molecule has 2 heterocycles. The topological polar surface area (TPSA) is 77.3 Å². The van der Waals surface area contributed by atoms with E-state index in [4.69, 9.17) is 15.2 Å². The van der Waals surface area contributed by atoms with Crippen molar-refractivity contribution in [2.45, 2.75) is 32.2 Å². The molecule has 1 aliphatic rings. The number of hydrogen-bond acceptors (Lipinski definition) is 3. The van der Waals surface area contributed by atoms with Crippen LogP contribution in [0.2, 0.25) is 0 Å². The lowest BCUT2D eigenvalue weighted by Crippen LogP contribution is -2.19. The number of nitrogens with two attached hydrogens (primary N) is 1. The Labute approximate surface area is 153 Å². The van der Waals surface area contributed by atoms with Crippen LogP contribution in [0.4, 0.5) is 0 Å². The molecule has 25 heavy (non-hydrogen) atoms. The molecule has 0 saturated carbocycles. The van der Waals surface area contributed by atoms with Crippen molar-refractivity contribution in [2.24, 2.45) is 5.73 Å². The summed E-state index contributed by atoms with van der Waals surface area (Å²) in [5.74, 6) is -0.903. The highest BCUT2D eigenvalue weighted by molar-refractivity contribution is 9.10. The zero-order chi connectivity index (χ0) is 17.8. The number of fused-ring (bicyclic) bond motifs is 3.